The fraction of sp³-hybridized carbons (Fsp3) is 0.381. The molecule has 0 aromatic heterocycles. The van der Waals surface area contributed by atoms with Crippen molar-refractivity contribution in [2.24, 2.45) is 0 Å². The van der Waals surface area contributed by atoms with Crippen LogP contribution in [0.1, 0.15) is 42.9 Å². The van der Waals surface area contributed by atoms with Crippen molar-refractivity contribution in [1.29, 1.82) is 5.26 Å². The monoisotopic (exact) mass is 337 g/mol. The normalized spacial score (nSPS) is 17.9. The zero-order chi connectivity index (χ0) is 17.6. The van der Waals surface area contributed by atoms with Gasteiger partial charge in [0.05, 0.1) is 17.3 Å². The Morgan fingerprint density at radius 3 is 2.72 bits per heavy atom. The number of hydrogen-bond acceptors (Lipinski definition) is 3. The topological polar surface area (TPSA) is 39.1 Å². The molecule has 1 N–H and O–H groups in total. The minimum Gasteiger partial charge on any atom is -0.379 e. The molecular weight excluding hydrogens is 313 g/mol. The number of nitrogens with zero attached hydrogens (tertiary/aromatic N) is 2. The minimum absolute atomic E-state index is 0.336. The summed E-state index contributed by atoms with van der Waals surface area (Å²) in [6.07, 6.45) is 3.84. The number of nitrogens with one attached hydrogen (secondary N) is 1. The van der Waals surface area contributed by atoms with Gasteiger partial charge >= 0.3 is 0 Å². The number of halogens is 1. The van der Waals surface area contributed by atoms with E-state index >= 15 is 0 Å². The lowest BCUT2D eigenvalue weighted by Crippen LogP contribution is -2.37. The van der Waals surface area contributed by atoms with Gasteiger partial charge < -0.3 is 5.32 Å². The highest BCUT2D eigenvalue weighted by molar-refractivity contribution is 5.49. The van der Waals surface area contributed by atoms with Gasteiger partial charge in [-0.3, -0.25) is 4.90 Å². The van der Waals surface area contributed by atoms with Crippen molar-refractivity contribution in [3.8, 4) is 6.07 Å². The molecule has 3 rings (SSSR count). The molecule has 4 heteroatoms. The Kier molecular flexibility index (Phi) is 5.67. The summed E-state index contributed by atoms with van der Waals surface area (Å²) >= 11 is 0. The Labute approximate surface area is 149 Å². The van der Waals surface area contributed by atoms with Crippen molar-refractivity contribution in [3.63, 3.8) is 0 Å². The zero-order valence-corrected chi connectivity index (χ0v) is 14.6. The van der Waals surface area contributed by atoms with Crippen LogP contribution >= 0.6 is 0 Å². The van der Waals surface area contributed by atoms with Gasteiger partial charge in [0.15, 0.2) is 0 Å². The highest BCUT2D eigenvalue weighted by Crippen LogP contribution is 2.22. The molecule has 2 aromatic rings. The SMILES string of the molecule is CC1CCCCN1Cc1ccccc1CNc1ccc(C#N)cc1F. The smallest absolute Gasteiger partial charge is 0.147 e. The van der Waals surface area contributed by atoms with Crippen molar-refractivity contribution in [3.05, 3.63) is 65.0 Å². The molecular formula is C21H24FN3. The van der Waals surface area contributed by atoms with Crippen LogP contribution in [0.2, 0.25) is 0 Å². The lowest BCUT2D eigenvalue weighted by molar-refractivity contribution is 0.152. The quantitative estimate of drug-likeness (QED) is 0.861. The predicted octanol–water partition coefficient (Wildman–Crippen LogP) is 4.68. The Balaban J connectivity index is 1.70. The molecule has 2 aromatic carbocycles. The molecule has 25 heavy (non-hydrogen) atoms. The van der Waals surface area contributed by atoms with Crippen molar-refractivity contribution in [2.75, 3.05) is 11.9 Å². The second-order valence-corrected chi connectivity index (χ2v) is 6.74. The zero-order valence-electron chi connectivity index (χ0n) is 14.6. The number of benzene rings is 2. The van der Waals surface area contributed by atoms with Crippen LogP contribution in [0.4, 0.5) is 10.1 Å². The summed E-state index contributed by atoms with van der Waals surface area (Å²) in [6.45, 7) is 4.95. The van der Waals surface area contributed by atoms with Gasteiger partial charge in [0, 0.05) is 19.1 Å². The van der Waals surface area contributed by atoms with E-state index in [-0.39, 0.29) is 5.82 Å². The maximum atomic E-state index is 14.0. The first-order chi connectivity index (χ1) is 12.2. The lowest BCUT2D eigenvalue weighted by atomic mass is 10.0. The number of hydrogen-bond donors (Lipinski definition) is 1. The Morgan fingerprint density at radius 1 is 1.20 bits per heavy atom. The summed E-state index contributed by atoms with van der Waals surface area (Å²) in [5.74, 6) is -0.388. The molecule has 130 valence electrons. The first-order valence-electron chi connectivity index (χ1n) is 8.91. The van der Waals surface area contributed by atoms with E-state index in [0.29, 0.717) is 23.8 Å². The molecule has 1 aliphatic heterocycles. The molecule has 1 saturated heterocycles. The minimum atomic E-state index is -0.388. The van der Waals surface area contributed by atoms with Gasteiger partial charge in [-0.2, -0.15) is 5.26 Å². The van der Waals surface area contributed by atoms with Crippen molar-refractivity contribution >= 4 is 5.69 Å². The van der Waals surface area contributed by atoms with Gasteiger partial charge in [0.2, 0.25) is 0 Å². The number of anilines is 1. The molecule has 0 saturated carbocycles. The van der Waals surface area contributed by atoms with Crippen molar-refractivity contribution < 1.29 is 4.39 Å². The molecule has 0 aliphatic carbocycles. The molecule has 1 heterocycles. The largest absolute Gasteiger partial charge is 0.379 e. The maximum absolute atomic E-state index is 14.0. The fourth-order valence-electron chi connectivity index (χ4n) is 3.41. The summed E-state index contributed by atoms with van der Waals surface area (Å²) in [5.41, 5.74) is 3.24. The summed E-state index contributed by atoms with van der Waals surface area (Å²) in [4.78, 5) is 2.53. The van der Waals surface area contributed by atoms with Gasteiger partial charge in [0.25, 0.3) is 0 Å². The Bertz CT molecular complexity index is 766. The molecule has 1 unspecified atom stereocenters. The molecule has 0 radical (unpaired) electrons. The standard InChI is InChI=1S/C21H24FN3/c1-16-6-4-5-11-25(16)15-19-8-3-2-7-18(19)14-24-21-10-9-17(13-23)12-20(21)22/h2-3,7-10,12,16,24H,4-6,11,14-15H2,1H3. The number of nitriles is 1. The molecule has 1 aliphatic rings. The van der Waals surface area contributed by atoms with Crippen LogP contribution in [0.25, 0.3) is 0 Å². The van der Waals surface area contributed by atoms with Crippen LogP contribution in [0.3, 0.4) is 0 Å². The van der Waals surface area contributed by atoms with Crippen molar-refractivity contribution in [1.82, 2.24) is 4.90 Å². The summed E-state index contributed by atoms with van der Waals surface area (Å²) < 4.78 is 14.0. The van der Waals surface area contributed by atoms with Crippen LogP contribution in [-0.4, -0.2) is 17.5 Å². The molecule has 0 amide bonds. The van der Waals surface area contributed by atoms with E-state index in [1.54, 1.807) is 12.1 Å². The molecule has 0 spiro atoms. The second-order valence-electron chi connectivity index (χ2n) is 6.74. The fourth-order valence-corrected chi connectivity index (χ4v) is 3.41. The summed E-state index contributed by atoms with van der Waals surface area (Å²) in [5, 5.41) is 12.0. The summed E-state index contributed by atoms with van der Waals surface area (Å²) in [7, 11) is 0. The third kappa shape index (κ3) is 4.37. The molecule has 0 bridgehead atoms. The van der Waals surface area contributed by atoms with Gasteiger partial charge in [-0.05, 0) is 55.6 Å². The van der Waals surface area contributed by atoms with Crippen molar-refractivity contribution in [2.45, 2.75) is 45.3 Å². The van der Waals surface area contributed by atoms with Gasteiger partial charge in [0.1, 0.15) is 5.82 Å². The lowest BCUT2D eigenvalue weighted by Gasteiger charge is -2.33. The third-order valence-electron chi connectivity index (χ3n) is 5.00. The first kappa shape index (κ1) is 17.4. The third-order valence-corrected chi connectivity index (χ3v) is 5.00. The molecule has 1 fully saturated rings. The van der Waals surface area contributed by atoms with Crippen LogP contribution in [0.5, 0.6) is 0 Å². The maximum Gasteiger partial charge on any atom is 0.147 e. The highest BCUT2D eigenvalue weighted by Gasteiger charge is 2.19. The number of rotatable bonds is 5. The predicted molar refractivity (Wildman–Crippen MR) is 98.6 cm³/mol. The number of likely N-dealkylation sites (tertiary alicyclic amines) is 1. The average Bonchev–Trinajstić information content (AvgIpc) is 2.63. The van der Waals surface area contributed by atoms with E-state index in [9.17, 15) is 4.39 Å². The number of piperidine rings is 1. The van der Waals surface area contributed by atoms with E-state index in [2.05, 4.69) is 35.3 Å². The average molecular weight is 337 g/mol. The van der Waals surface area contributed by atoms with Gasteiger partial charge in [-0.25, -0.2) is 4.39 Å². The highest BCUT2D eigenvalue weighted by atomic mass is 19.1. The van der Waals surface area contributed by atoms with Crippen LogP contribution in [0.15, 0.2) is 42.5 Å². The second kappa shape index (κ2) is 8.13. The summed E-state index contributed by atoms with van der Waals surface area (Å²) in [6, 6.07) is 15.4. The van der Waals surface area contributed by atoms with E-state index < -0.39 is 0 Å². The molecule has 1 atom stereocenters. The van der Waals surface area contributed by atoms with E-state index in [1.807, 2.05) is 12.1 Å². The Morgan fingerprint density at radius 2 is 2.00 bits per heavy atom. The van der Waals surface area contributed by atoms with Crippen LogP contribution in [0, 0.1) is 17.1 Å². The van der Waals surface area contributed by atoms with E-state index in [1.165, 1.54) is 36.5 Å². The van der Waals surface area contributed by atoms with Crippen LogP contribution < -0.4 is 5.32 Å². The molecule has 3 nitrogen and oxygen atoms in total. The first-order valence-corrected chi connectivity index (χ1v) is 8.91. The van der Waals surface area contributed by atoms with E-state index in [4.69, 9.17) is 5.26 Å². The van der Waals surface area contributed by atoms with Gasteiger partial charge in [-0.1, -0.05) is 30.7 Å². The van der Waals surface area contributed by atoms with Crippen LogP contribution in [-0.2, 0) is 13.1 Å². The van der Waals surface area contributed by atoms with E-state index in [0.717, 1.165) is 13.1 Å². The Hall–Kier alpha value is -2.38. The van der Waals surface area contributed by atoms with Gasteiger partial charge in [-0.15, -0.1) is 0 Å².